The molecule has 0 saturated carbocycles. The fraction of sp³-hybridized carbons (Fsp3) is 0.143. The molecule has 108 valence electrons. The standard InChI is InChI=1S/C14H13N3O3S/c18-14(17-12-5-7-21(19,20)9-12)16-11-3-4-13-10(8-11)2-1-6-15-13/h1-8,12H,9H2,(H2,16,17,18)/t12-/m1/s1. The van der Waals surface area contributed by atoms with Crippen LogP contribution >= 0.6 is 0 Å². The largest absolute Gasteiger partial charge is 0.331 e. The molecule has 2 N–H and O–H groups in total. The number of nitrogens with zero attached hydrogens (tertiary/aromatic N) is 1. The van der Waals surface area contributed by atoms with Crippen LogP contribution in [0.25, 0.3) is 10.9 Å². The zero-order valence-electron chi connectivity index (χ0n) is 11.0. The topological polar surface area (TPSA) is 88.2 Å². The highest BCUT2D eigenvalue weighted by Gasteiger charge is 2.22. The van der Waals surface area contributed by atoms with Crippen molar-refractivity contribution in [2.45, 2.75) is 6.04 Å². The van der Waals surface area contributed by atoms with E-state index < -0.39 is 21.9 Å². The van der Waals surface area contributed by atoms with Gasteiger partial charge in [0.2, 0.25) is 0 Å². The lowest BCUT2D eigenvalue weighted by Gasteiger charge is -2.11. The van der Waals surface area contributed by atoms with Crippen molar-refractivity contribution in [2.75, 3.05) is 11.1 Å². The summed E-state index contributed by atoms with van der Waals surface area (Å²) in [5, 5.41) is 7.32. The first-order valence-corrected chi connectivity index (χ1v) is 8.07. The maximum absolute atomic E-state index is 11.8. The van der Waals surface area contributed by atoms with Crippen LogP contribution in [0.3, 0.4) is 0 Å². The fourth-order valence-corrected chi connectivity index (χ4v) is 3.39. The van der Waals surface area contributed by atoms with E-state index in [2.05, 4.69) is 15.6 Å². The molecule has 0 aliphatic carbocycles. The number of hydrogen-bond acceptors (Lipinski definition) is 4. The average Bonchev–Trinajstić information content (AvgIpc) is 2.77. The molecule has 2 aromatic rings. The maximum atomic E-state index is 11.8. The lowest BCUT2D eigenvalue weighted by atomic mass is 10.2. The number of urea groups is 1. The Hall–Kier alpha value is -2.41. The maximum Gasteiger partial charge on any atom is 0.319 e. The van der Waals surface area contributed by atoms with E-state index in [-0.39, 0.29) is 5.75 Å². The Morgan fingerprint density at radius 3 is 2.90 bits per heavy atom. The van der Waals surface area contributed by atoms with E-state index in [1.165, 1.54) is 6.08 Å². The van der Waals surface area contributed by atoms with E-state index in [4.69, 9.17) is 0 Å². The first kappa shape index (κ1) is 13.6. The summed E-state index contributed by atoms with van der Waals surface area (Å²) in [5.74, 6) is -0.0952. The minimum atomic E-state index is -3.17. The lowest BCUT2D eigenvalue weighted by molar-refractivity contribution is 0.251. The van der Waals surface area contributed by atoms with Crippen LogP contribution in [0, 0.1) is 0 Å². The van der Waals surface area contributed by atoms with Crippen LogP contribution in [-0.4, -0.2) is 31.2 Å². The highest BCUT2D eigenvalue weighted by atomic mass is 32.2. The number of aromatic nitrogens is 1. The third-order valence-electron chi connectivity index (χ3n) is 3.11. The molecular formula is C14H13N3O3S. The third-order valence-corrected chi connectivity index (χ3v) is 4.50. The van der Waals surface area contributed by atoms with Crippen molar-refractivity contribution >= 4 is 32.5 Å². The Morgan fingerprint density at radius 1 is 1.29 bits per heavy atom. The van der Waals surface area contributed by atoms with Crippen LogP contribution in [0.5, 0.6) is 0 Å². The van der Waals surface area contributed by atoms with Gasteiger partial charge in [0.05, 0.1) is 17.3 Å². The third kappa shape index (κ3) is 3.19. The van der Waals surface area contributed by atoms with Gasteiger partial charge in [-0.2, -0.15) is 0 Å². The van der Waals surface area contributed by atoms with E-state index in [1.54, 1.807) is 12.3 Å². The van der Waals surface area contributed by atoms with Gasteiger partial charge in [-0.15, -0.1) is 0 Å². The Balaban J connectivity index is 1.68. The van der Waals surface area contributed by atoms with Crippen molar-refractivity contribution < 1.29 is 13.2 Å². The smallest absolute Gasteiger partial charge is 0.319 e. The second-order valence-electron chi connectivity index (χ2n) is 4.77. The number of pyridine rings is 1. The van der Waals surface area contributed by atoms with E-state index >= 15 is 0 Å². The molecule has 1 aliphatic rings. The van der Waals surface area contributed by atoms with Crippen LogP contribution in [-0.2, 0) is 9.84 Å². The number of carbonyl (C=O) groups excluding carboxylic acids is 1. The van der Waals surface area contributed by atoms with Gasteiger partial charge in [-0.25, -0.2) is 13.2 Å². The molecule has 2 heterocycles. The van der Waals surface area contributed by atoms with Gasteiger partial charge in [0.15, 0.2) is 9.84 Å². The molecule has 1 aliphatic heterocycles. The number of rotatable bonds is 2. The van der Waals surface area contributed by atoms with Gasteiger partial charge in [-0.3, -0.25) is 4.98 Å². The first-order chi connectivity index (χ1) is 10.0. The second kappa shape index (κ2) is 5.17. The van der Waals surface area contributed by atoms with Crippen molar-refractivity contribution in [1.29, 1.82) is 0 Å². The Morgan fingerprint density at radius 2 is 2.14 bits per heavy atom. The lowest BCUT2D eigenvalue weighted by Crippen LogP contribution is -2.38. The van der Waals surface area contributed by atoms with E-state index in [0.29, 0.717) is 5.69 Å². The summed E-state index contributed by atoms with van der Waals surface area (Å²) in [5.41, 5.74) is 1.46. The van der Waals surface area contributed by atoms with Gasteiger partial charge >= 0.3 is 6.03 Å². The summed E-state index contributed by atoms with van der Waals surface area (Å²) in [7, 11) is -3.17. The number of amides is 2. The summed E-state index contributed by atoms with van der Waals surface area (Å²) in [6, 6.07) is 8.16. The van der Waals surface area contributed by atoms with Crippen molar-refractivity contribution in [3.05, 3.63) is 48.0 Å². The van der Waals surface area contributed by atoms with Crippen molar-refractivity contribution in [3.8, 4) is 0 Å². The number of anilines is 1. The normalized spacial score (nSPS) is 19.5. The van der Waals surface area contributed by atoms with Crippen molar-refractivity contribution in [2.24, 2.45) is 0 Å². The summed E-state index contributed by atoms with van der Waals surface area (Å²) in [6.07, 6.45) is 3.17. The highest BCUT2D eigenvalue weighted by molar-refractivity contribution is 7.94. The van der Waals surface area contributed by atoms with Gasteiger partial charge in [0, 0.05) is 22.7 Å². The minimum absolute atomic E-state index is 0.0952. The van der Waals surface area contributed by atoms with Gasteiger partial charge in [0.1, 0.15) is 0 Å². The Kier molecular flexibility index (Phi) is 3.34. The summed E-state index contributed by atoms with van der Waals surface area (Å²) in [4.78, 5) is 16.0. The van der Waals surface area contributed by atoms with Gasteiger partial charge in [-0.05, 0) is 30.3 Å². The number of hydrogen-bond donors (Lipinski definition) is 2. The molecule has 0 bridgehead atoms. The number of nitrogens with one attached hydrogen (secondary N) is 2. The molecule has 1 atom stereocenters. The van der Waals surface area contributed by atoms with Crippen molar-refractivity contribution in [1.82, 2.24) is 10.3 Å². The molecule has 0 unspecified atom stereocenters. The molecule has 0 saturated heterocycles. The van der Waals surface area contributed by atoms with E-state index in [9.17, 15) is 13.2 Å². The van der Waals surface area contributed by atoms with Crippen LogP contribution in [0.4, 0.5) is 10.5 Å². The quantitative estimate of drug-likeness (QED) is 0.883. The Bertz CT molecular complexity index is 830. The Labute approximate surface area is 121 Å². The molecule has 1 aromatic heterocycles. The molecule has 7 heteroatoms. The minimum Gasteiger partial charge on any atom is -0.331 e. The zero-order chi connectivity index (χ0) is 14.9. The zero-order valence-corrected chi connectivity index (χ0v) is 11.8. The number of fused-ring (bicyclic) bond motifs is 1. The molecule has 3 rings (SSSR count). The van der Waals surface area contributed by atoms with Crippen molar-refractivity contribution in [3.63, 3.8) is 0 Å². The summed E-state index contributed by atoms with van der Waals surface area (Å²) >= 11 is 0. The predicted molar refractivity (Wildman–Crippen MR) is 80.6 cm³/mol. The predicted octanol–water partition coefficient (Wildman–Crippen LogP) is 1.67. The number of carbonyl (C=O) groups is 1. The molecule has 1 aromatic carbocycles. The molecule has 0 fully saturated rings. The van der Waals surface area contributed by atoms with Crippen LogP contribution in [0.2, 0.25) is 0 Å². The number of benzene rings is 1. The van der Waals surface area contributed by atoms with E-state index in [1.807, 2.05) is 24.3 Å². The molecule has 21 heavy (non-hydrogen) atoms. The molecule has 0 radical (unpaired) electrons. The highest BCUT2D eigenvalue weighted by Crippen LogP contribution is 2.17. The molecule has 6 nitrogen and oxygen atoms in total. The SMILES string of the molecule is O=C(Nc1ccc2ncccc2c1)N[C@@H]1C=CS(=O)(=O)C1. The molecule has 2 amide bonds. The van der Waals surface area contributed by atoms with Crippen LogP contribution in [0.15, 0.2) is 48.0 Å². The molecular weight excluding hydrogens is 290 g/mol. The molecule has 0 spiro atoms. The summed E-state index contributed by atoms with van der Waals surface area (Å²) in [6.45, 7) is 0. The van der Waals surface area contributed by atoms with Crippen LogP contribution in [0.1, 0.15) is 0 Å². The van der Waals surface area contributed by atoms with Gasteiger partial charge in [-0.1, -0.05) is 6.07 Å². The average molecular weight is 303 g/mol. The first-order valence-electron chi connectivity index (χ1n) is 6.35. The fourth-order valence-electron chi connectivity index (χ4n) is 2.15. The van der Waals surface area contributed by atoms with Gasteiger partial charge < -0.3 is 10.6 Å². The summed E-state index contributed by atoms with van der Waals surface area (Å²) < 4.78 is 22.5. The van der Waals surface area contributed by atoms with E-state index in [0.717, 1.165) is 16.3 Å². The second-order valence-corrected chi connectivity index (χ2v) is 6.71. The monoisotopic (exact) mass is 303 g/mol. The van der Waals surface area contributed by atoms with Crippen LogP contribution < -0.4 is 10.6 Å². The van der Waals surface area contributed by atoms with Gasteiger partial charge in [0.25, 0.3) is 0 Å². The number of sulfone groups is 1.